The number of likely N-dealkylation sites (N-methyl/N-ethyl adjacent to an activating group) is 1. The molecule has 1 aliphatic carbocycles. The third-order valence-corrected chi connectivity index (χ3v) is 9.53. The molecule has 1 saturated heterocycles. The molecular weight excluding hydrogens is 316 g/mol. The average Bonchev–Trinajstić information content (AvgIpc) is 3.09. The maximum atomic E-state index is 2.77. The minimum absolute atomic E-state index is 0.239. The van der Waals surface area contributed by atoms with Gasteiger partial charge in [0.05, 0.1) is 0 Å². The third kappa shape index (κ3) is 4.32. The van der Waals surface area contributed by atoms with Gasteiger partial charge in [0.15, 0.2) is 0 Å². The Kier molecular flexibility index (Phi) is 7.27. The van der Waals surface area contributed by atoms with Crippen LogP contribution in [0.3, 0.4) is 0 Å². The van der Waals surface area contributed by atoms with Crippen molar-refractivity contribution in [1.29, 1.82) is 0 Å². The van der Waals surface area contributed by atoms with E-state index >= 15 is 0 Å². The number of hydrogen-bond donors (Lipinski definition) is 0. The molecule has 0 radical (unpaired) electrons. The fraction of sp³-hybridized carbons (Fsp3) is 1.00. The van der Waals surface area contributed by atoms with Gasteiger partial charge >= 0.3 is 0 Å². The predicted octanol–water partition coefficient (Wildman–Crippen LogP) is 5.77. The lowest BCUT2D eigenvalue weighted by Crippen LogP contribution is -2.61. The number of piperazine rings is 1. The van der Waals surface area contributed by atoms with Gasteiger partial charge < -0.3 is 4.90 Å². The summed E-state index contributed by atoms with van der Waals surface area (Å²) in [6.45, 7) is 25.0. The molecule has 2 rings (SSSR count). The number of rotatable bonds is 7. The monoisotopic (exact) mass is 364 g/mol. The molecule has 0 amide bonds. The maximum Gasteiger partial charge on any atom is 0.0207 e. The lowest BCUT2D eigenvalue weighted by molar-refractivity contribution is -0.0622. The van der Waals surface area contributed by atoms with Crippen LogP contribution in [0.15, 0.2) is 0 Å². The van der Waals surface area contributed by atoms with Gasteiger partial charge in [-0.15, -0.1) is 0 Å². The van der Waals surface area contributed by atoms with Crippen LogP contribution in [0.2, 0.25) is 0 Å². The van der Waals surface area contributed by atoms with E-state index in [0.29, 0.717) is 5.41 Å². The Morgan fingerprint density at radius 2 is 1.50 bits per heavy atom. The summed E-state index contributed by atoms with van der Waals surface area (Å²) in [5, 5.41) is 0. The van der Waals surface area contributed by atoms with E-state index in [1.807, 2.05) is 0 Å². The van der Waals surface area contributed by atoms with Crippen molar-refractivity contribution >= 4 is 0 Å². The lowest BCUT2D eigenvalue weighted by Gasteiger charge is -2.56. The van der Waals surface area contributed by atoms with Gasteiger partial charge in [-0.05, 0) is 68.7 Å². The van der Waals surface area contributed by atoms with Crippen molar-refractivity contribution in [3.05, 3.63) is 0 Å². The van der Waals surface area contributed by atoms with Crippen LogP contribution in [0.25, 0.3) is 0 Å². The fourth-order valence-electron chi connectivity index (χ4n) is 5.83. The van der Waals surface area contributed by atoms with E-state index in [1.165, 1.54) is 51.9 Å². The Bertz CT molecular complexity index is 433. The molecule has 26 heavy (non-hydrogen) atoms. The first-order valence-corrected chi connectivity index (χ1v) is 11.5. The van der Waals surface area contributed by atoms with E-state index in [1.54, 1.807) is 0 Å². The molecule has 1 heterocycles. The van der Waals surface area contributed by atoms with Crippen LogP contribution in [0.4, 0.5) is 0 Å². The predicted molar refractivity (Wildman–Crippen MR) is 116 cm³/mol. The Hall–Kier alpha value is -0.0800. The highest BCUT2D eigenvalue weighted by Gasteiger charge is 2.48. The molecular formula is C24H48N2. The first-order valence-electron chi connectivity index (χ1n) is 11.5. The summed E-state index contributed by atoms with van der Waals surface area (Å²) < 4.78 is 0. The van der Waals surface area contributed by atoms with E-state index < -0.39 is 0 Å². The maximum absolute atomic E-state index is 2.77. The third-order valence-electron chi connectivity index (χ3n) is 9.53. The van der Waals surface area contributed by atoms with Crippen LogP contribution in [0.1, 0.15) is 81.1 Å². The largest absolute Gasteiger partial charge is 0.304 e. The molecule has 2 heteroatoms. The summed E-state index contributed by atoms with van der Waals surface area (Å²) in [5.74, 6) is 4.33. The normalized spacial score (nSPS) is 30.3. The quantitative estimate of drug-likeness (QED) is 0.565. The first kappa shape index (κ1) is 22.2. The van der Waals surface area contributed by atoms with Crippen molar-refractivity contribution in [1.82, 2.24) is 9.80 Å². The van der Waals surface area contributed by atoms with Gasteiger partial charge in [0.25, 0.3) is 0 Å². The average molecular weight is 365 g/mol. The zero-order chi connectivity index (χ0) is 19.7. The first-order chi connectivity index (χ1) is 12.0. The molecule has 2 nitrogen and oxygen atoms in total. The van der Waals surface area contributed by atoms with E-state index in [-0.39, 0.29) is 5.54 Å². The Labute approximate surface area is 165 Å². The van der Waals surface area contributed by atoms with Crippen molar-refractivity contribution in [2.75, 3.05) is 33.2 Å². The van der Waals surface area contributed by atoms with Gasteiger partial charge in [-0.1, -0.05) is 54.4 Å². The highest BCUT2D eigenvalue weighted by Crippen LogP contribution is 2.49. The summed E-state index contributed by atoms with van der Waals surface area (Å²) in [5.41, 5.74) is 0.544. The van der Waals surface area contributed by atoms with Gasteiger partial charge in [-0.2, -0.15) is 0 Å². The van der Waals surface area contributed by atoms with Crippen LogP contribution in [-0.4, -0.2) is 48.6 Å². The molecule has 5 unspecified atom stereocenters. The van der Waals surface area contributed by atoms with Gasteiger partial charge in [-0.3, -0.25) is 4.90 Å². The van der Waals surface area contributed by atoms with Gasteiger partial charge in [0.1, 0.15) is 0 Å². The molecule has 0 N–H and O–H groups in total. The van der Waals surface area contributed by atoms with Crippen LogP contribution in [0, 0.1) is 35.0 Å². The second kappa shape index (κ2) is 8.52. The van der Waals surface area contributed by atoms with E-state index in [9.17, 15) is 0 Å². The van der Waals surface area contributed by atoms with Crippen LogP contribution in [-0.2, 0) is 0 Å². The minimum atomic E-state index is 0.239. The summed E-state index contributed by atoms with van der Waals surface area (Å²) in [6.07, 6.45) is 5.81. The molecule has 0 aromatic heterocycles. The fourth-order valence-corrected chi connectivity index (χ4v) is 5.83. The van der Waals surface area contributed by atoms with Crippen LogP contribution < -0.4 is 0 Å². The smallest absolute Gasteiger partial charge is 0.0207 e. The van der Waals surface area contributed by atoms with E-state index in [2.05, 4.69) is 72.2 Å². The van der Waals surface area contributed by atoms with Crippen LogP contribution in [0.5, 0.6) is 0 Å². The van der Waals surface area contributed by atoms with Gasteiger partial charge in [0, 0.05) is 31.7 Å². The summed E-state index contributed by atoms with van der Waals surface area (Å²) in [6, 6.07) is 0. The van der Waals surface area contributed by atoms with E-state index in [4.69, 9.17) is 0 Å². The number of hydrogen-bond acceptors (Lipinski definition) is 2. The topological polar surface area (TPSA) is 6.48 Å². The molecule has 2 fully saturated rings. The van der Waals surface area contributed by atoms with Crippen LogP contribution >= 0.6 is 0 Å². The molecule has 0 spiro atoms. The second-order valence-corrected chi connectivity index (χ2v) is 10.9. The zero-order valence-electron chi connectivity index (χ0n) is 19.4. The van der Waals surface area contributed by atoms with Crippen molar-refractivity contribution < 1.29 is 0 Å². The summed E-state index contributed by atoms with van der Waals surface area (Å²) in [4.78, 5) is 5.24. The standard InChI is InChI=1S/C24H48N2/c1-10-21-11-12-22(17-21)19(3)18(2)20(4)23(5,6)24(7,8)26-15-13-25(9)14-16-26/h18-22H,10-17H2,1-9H3. The van der Waals surface area contributed by atoms with Crippen molar-refractivity contribution in [2.45, 2.75) is 86.6 Å². The Morgan fingerprint density at radius 1 is 0.923 bits per heavy atom. The molecule has 154 valence electrons. The SMILES string of the molecule is CCC1CCC(C(C)C(C)C(C)C(C)(C)C(C)(C)N2CCN(C)CC2)C1. The highest BCUT2D eigenvalue weighted by molar-refractivity contribution is 5.01. The highest BCUT2D eigenvalue weighted by atomic mass is 15.3. The van der Waals surface area contributed by atoms with Gasteiger partial charge in [0.2, 0.25) is 0 Å². The Balaban J connectivity index is 2.06. The van der Waals surface area contributed by atoms with E-state index in [0.717, 1.165) is 29.6 Å². The molecule has 1 aliphatic heterocycles. The van der Waals surface area contributed by atoms with Crippen molar-refractivity contribution in [3.63, 3.8) is 0 Å². The molecule has 1 saturated carbocycles. The lowest BCUT2D eigenvalue weighted by atomic mass is 9.59. The van der Waals surface area contributed by atoms with Gasteiger partial charge in [-0.25, -0.2) is 0 Å². The molecule has 2 aliphatic rings. The van der Waals surface area contributed by atoms with Crippen molar-refractivity contribution in [2.24, 2.45) is 35.0 Å². The molecule has 0 aromatic carbocycles. The van der Waals surface area contributed by atoms with Crippen molar-refractivity contribution in [3.8, 4) is 0 Å². The number of nitrogens with zero attached hydrogens (tertiary/aromatic N) is 2. The zero-order valence-corrected chi connectivity index (χ0v) is 19.4. The molecule has 0 aromatic rings. The summed E-state index contributed by atoms with van der Waals surface area (Å²) >= 11 is 0. The minimum Gasteiger partial charge on any atom is -0.304 e. The second-order valence-electron chi connectivity index (χ2n) is 10.9. The Morgan fingerprint density at radius 3 is 2.00 bits per heavy atom. The summed E-state index contributed by atoms with van der Waals surface area (Å²) in [7, 11) is 2.26. The molecule has 0 bridgehead atoms. The molecule has 5 atom stereocenters.